The molecule has 6 nitrogen and oxygen atoms in total. The van der Waals surface area contributed by atoms with E-state index in [9.17, 15) is 15.0 Å². The minimum atomic E-state index is -0.336. The van der Waals surface area contributed by atoms with Crippen molar-refractivity contribution in [1.82, 2.24) is 10.4 Å². The maximum atomic E-state index is 12.3. The second kappa shape index (κ2) is 9.32. The molecule has 4 aromatic rings. The van der Waals surface area contributed by atoms with Crippen molar-refractivity contribution in [2.45, 2.75) is 10.6 Å². The van der Waals surface area contributed by atoms with Crippen molar-refractivity contribution in [3.8, 4) is 11.5 Å². The van der Waals surface area contributed by atoms with Crippen molar-refractivity contribution in [3.63, 3.8) is 0 Å². The lowest BCUT2D eigenvalue weighted by Gasteiger charge is -2.06. The van der Waals surface area contributed by atoms with E-state index in [0.29, 0.717) is 11.1 Å². The van der Waals surface area contributed by atoms with Crippen LogP contribution in [0.3, 0.4) is 0 Å². The zero-order valence-electron chi connectivity index (χ0n) is 16.4. The minimum absolute atomic E-state index is 0.212. The zero-order chi connectivity index (χ0) is 21.6. The lowest BCUT2D eigenvalue weighted by molar-refractivity contribution is 0.0955. The number of fused-ring (bicyclic) bond motifs is 1. The van der Waals surface area contributed by atoms with Crippen molar-refractivity contribution in [2.24, 2.45) is 5.10 Å². The molecule has 0 spiro atoms. The van der Waals surface area contributed by atoms with E-state index in [1.807, 2.05) is 36.4 Å². The number of nitrogens with one attached hydrogen (secondary N) is 1. The highest BCUT2D eigenvalue weighted by atomic mass is 32.2. The summed E-state index contributed by atoms with van der Waals surface area (Å²) in [5.41, 5.74) is 5.58. The van der Waals surface area contributed by atoms with Gasteiger partial charge in [-0.05, 0) is 53.6 Å². The van der Waals surface area contributed by atoms with Crippen molar-refractivity contribution in [2.75, 3.05) is 0 Å². The van der Waals surface area contributed by atoms with Crippen LogP contribution in [0.4, 0.5) is 0 Å². The smallest absolute Gasteiger partial charge is 0.271 e. The Labute approximate surface area is 183 Å². The van der Waals surface area contributed by atoms with E-state index in [2.05, 4.69) is 21.6 Å². The zero-order valence-corrected chi connectivity index (χ0v) is 17.2. The summed E-state index contributed by atoms with van der Waals surface area (Å²) in [4.78, 5) is 17.9. The molecule has 0 radical (unpaired) electrons. The van der Waals surface area contributed by atoms with Gasteiger partial charge in [-0.15, -0.1) is 11.8 Å². The molecule has 0 aliphatic rings. The van der Waals surface area contributed by atoms with Gasteiger partial charge in [-0.1, -0.05) is 30.3 Å². The first kappa shape index (κ1) is 20.4. The fourth-order valence-corrected chi connectivity index (χ4v) is 3.95. The van der Waals surface area contributed by atoms with E-state index in [-0.39, 0.29) is 17.4 Å². The number of carbonyl (C=O) groups excluding carboxylic acids is 1. The summed E-state index contributed by atoms with van der Waals surface area (Å²) in [7, 11) is 0. The van der Waals surface area contributed by atoms with Crippen LogP contribution in [-0.2, 0) is 5.75 Å². The van der Waals surface area contributed by atoms with Crippen molar-refractivity contribution < 1.29 is 15.0 Å². The first-order valence-electron chi connectivity index (χ1n) is 9.51. The minimum Gasteiger partial charge on any atom is -0.504 e. The van der Waals surface area contributed by atoms with Gasteiger partial charge in [0, 0.05) is 27.8 Å². The van der Waals surface area contributed by atoms with Crippen LogP contribution in [0.5, 0.6) is 11.5 Å². The Morgan fingerprint density at radius 1 is 1.00 bits per heavy atom. The predicted molar refractivity (Wildman–Crippen MR) is 123 cm³/mol. The van der Waals surface area contributed by atoms with Gasteiger partial charge >= 0.3 is 0 Å². The number of aromatic hydroxyl groups is 2. The summed E-state index contributed by atoms with van der Waals surface area (Å²) in [5.74, 6) is -0.0315. The molecule has 1 aromatic heterocycles. The SMILES string of the molecule is O=C(NN=Cc1ccc(O)c(O)c1)c1ccc(CSc2cccc3cccnc23)cc1. The molecule has 0 bridgehead atoms. The van der Waals surface area contributed by atoms with Crippen LogP contribution >= 0.6 is 11.8 Å². The number of amides is 1. The molecule has 0 saturated heterocycles. The second-order valence-corrected chi connectivity index (χ2v) is 7.78. The number of phenolic OH excluding ortho intramolecular Hbond substituents is 2. The van der Waals surface area contributed by atoms with Crippen LogP contribution in [0, 0.1) is 0 Å². The number of para-hydroxylation sites is 1. The molecule has 7 heteroatoms. The number of hydrogen-bond acceptors (Lipinski definition) is 6. The van der Waals surface area contributed by atoms with E-state index < -0.39 is 0 Å². The van der Waals surface area contributed by atoms with E-state index in [1.54, 1.807) is 36.2 Å². The van der Waals surface area contributed by atoms with Crippen molar-refractivity contribution >= 4 is 34.8 Å². The van der Waals surface area contributed by atoms with Gasteiger partial charge < -0.3 is 10.2 Å². The largest absolute Gasteiger partial charge is 0.504 e. The fourth-order valence-electron chi connectivity index (χ4n) is 2.96. The molecule has 3 aromatic carbocycles. The Balaban J connectivity index is 1.35. The predicted octanol–water partition coefficient (Wildman–Crippen LogP) is 4.70. The van der Waals surface area contributed by atoms with Gasteiger partial charge in [0.15, 0.2) is 11.5 Å². The van der Waals surface area contributed by atoms with Gasteiger partial charge in [0.2, 0.25) is 0 Å². The average molecular weight is 430 g/mol. The van der Waals surface area contributed by atoms with E-state index in [0.717, 1.165) is 27.1 Å². The molecule has 1 heterocycles. The van der Waals surface area contributed by atoms with Gasteiger partial charge in [-0.25, -0.2) is 5.43 Å². The van der Waals surface area contributed by atoms with Crippen LogP contribution in [-0.4, -0.2) is 27.3 Å². The van der Waals surface area contributed by atoms with Gasteiger partial charge in [-0.2, -0.15) is 5.10 Å². The third-order valence-corrected chi connectivity index (χ3v) is 5.70. The number of rotatable bonds is 6. The Morgan fingerprint density at radius 2 is 1.81 bits per heavy atom. The second-order valence-electron chi connectivity index (χ2n) is 6.76. The Bertz CT molecular complexity index is 1250. The van der Waals surface area contributed by atoms with E-state index in [4.69, 9.17) is 0 Å². The Hall–Kier alpha value is -3.84. The number of pyridine rings is 1. The summed E-state index contributed by atoms with van der Waals surface area (Å²) >= 11 is 1.71. The molecule has 31 heavy (non-hydrogen) atoms. The van der Waals surface area contributed by atoms with E-state index >= 15 is 0 Å². The number of aromatic nitrogens is 1. The van der Waals surface area contributed by atoms with E-state index in [1.165, 1.54) is 18.3 Å². The number of hydrazone groups is 1. The van der Waals surface area contributed by atoms with Crippen LogP contribution in [0.25, 0.3) is 10.9 Å². The molecule has 1 amide bonds. The van der Waals surface area contributed by atoms with Gasteiger partial charge in [-0.3, -0.25) is 9.78 Å². The lowest BCUT2D eigenvalue weighted by atomic mass is 10.1. The molecule has 3 N–H and O–H groups in total. The summed E-state index contributed by atoms with van der Waals surface area (Å²) in [5, 5.41) is 23.8. The maximum absolute atomic E-state index is 12.3. The number of nitrogens with zero attached hydrogens (tertiary/aromatic N) is 2. The van der Waals surface area contributed by atoms with Crippen LogP contribution in [0.2, 0.25) is 0 Å². The standard InChI is InChI=1S/C24H19N3O3S/c28-20-11-8-17(13-21(20)29)14-26-27-24(30)19-9-6-16(7-10-19)15-31-22-5-1-3-18-4-2-12-25-23(18)22/h1-14,28-29H,15H2,(H,27,30). The van der Waals surface area contributed by atoms with Crippen LogP contribution < -0.4 is 5.43 Å². The number of carbonyl (C=O) groups is 1. The highest BCUT2D eigenvalue weighted by Crippen LogP contribution is 2.29. The third kappa shape index (κ3) is 5.02. The normalized spacial score (nSPS) is 11.1. The summed E-state index contributed by atoms with van der Waals surface area (Å²) in [6, 6.07) is 21.7. The number of hydrogen-bond donors (Lipinski definition) is 3. The summed E-state index contributed by atoms with van der Waals surface area (Å²) in [6.07, 6.45) is 3.19. The summed E-state index contributed by atoms with van der Waals surface area (Å²) in [6.45, 7) is 0. The Kier molecular flexibility index (Phi) is 6.14. The molecule has 0 atom stereocenters. The average Bonchev–Trinajstić information content (AvgIpc) is 2.80. The topological polar surface area (TPSA) is 94.8 Å². The molecule has 0 fully saturated rings. The Morgan fingerprint density at radius 3 is 2.61 bits per heavy atom. The monoisotopic (exact) mass is 429 g/mol. The van der Waals surface area contributed by atoms with Gasteiger partial charge in [0.05, 0.1) is 11.7 Å². The van der Waals surface area contributed by atoms with Crippen molar-refractivity contribution in [3.05, 3.63) is 95.7 Å². The maximum Gasteiger partial charge on any atom is 0.271 e. The number of phenols is 2. The molecule has 0 unspecified atom stereocenters. The highest BCUT2D eigenvalue weighted by molar-refractivity contribution is 7.98. The quantitative estimate of drug-likeness (QED) is 0.179. The third-order valence-electron chi connectivity index (χ3n) is 4.59. The molecule has 0 saturated carbocycles. The van der Waals surface area contributed by atoms with Gasteiger partial charge in [0.1, 0.15) is 0 Å². The summed E-state index contributed by atoms with van der Waals surface area (Å²) < 4.78 is 0. The van der Waals surface area contributed by atoms with Crippen LogP contribution in [0.15, 0.2) is 89.0 Å². The van der Waals surface area contributed by atoms with Gasteiger partial charge in [0.25, 0.3) is 5.91 Å². The fraction of sp³-hybridized carbons (Fsp3) is 0.0417. The molecule has 154 valence electrons. The molecule has 0 aliphatic carbocycles. The highest BCUT2D eigenvalue weighted by Gasteiger charge is 2.06. The number of thioether (sulfide) groups is 1. The molecule has 0 aliphatic heterocycles. The van der Waals surface area contributed by atoms with Crippen LogP contribution in [0.1, 0.15) is 21.5 Å². The molecular weight excluding hydrogens is 410 g/mol. The first-order valence-corrected chi connectivity index (χ1v) is 10.5. The molecular formula is C24H19N3O3S. The first-order chi connectivity index (χ1) is 15.1. The number of benzene rings is 3. The molecule has 4 rings (SSSR count). The lowest BCUT2D eigenvalue weighted by Crippen LogP contribution is -2.17. The van der Waals surface area contributed by atoms with Crippen molar-refractivity contribution in [1.29, 1.82) is 0 Å².